The Morgan fingerprint density at radius 3 is 2.38 bits per heavy atom. The van der Waals surface area contributed by atoms with Crippen LogP contribution in [0.5, 0.6) is 0 Å². The van der Waals surface area contributed by atoms with Crippen LogP contribution in [0.25, 0.3) is 16.9 Å². The van der Waals surface area contributed by atoms with E-state index in [1.807, 2.05) is 0 Å². The van der Waals surface area contributed by atoms with E-state index in [4.69, 9.17) is 11.6 Å². The minimum Gasteiger partial charge on any atom is -0.305 e. The summed E-state index contributed by atoms with van der Waals surface area (Å²) in [6.45, 7) is 1.71. The van der Waals surface area contributed by atoms with Crippen LogP contribution in [0.2, 0.25) is 5.02 Å². The van der Waals surface area contributed by atoms with Gasteiger partial charge in [0.25, 0.3) is 5.56 Å². The van der Waals surface area contributed by atoms with Crippen LogP contribution in [0.4, 0.5) is 13.2 Å². The smallest absolute Gasteiger partial charge is 0.269 e. The molecule has 3 rings (SSSR count). The number of halogens is 4. The Bertz CT molecular complexity index is 947. The Hall–Kier alpha value is -2.61. The van der Waals surface area contributed by atoms with Crippen LogP contribution in [0, 0.1) is 17.5 Å². The van der Waals surface area contributed by atoms with Crippen LogP contribution < -0.4 is 5.56 Å². The maximum absolute atomic E-state index is 14.3. The van der Waals surface area contributed by atoms with E-state index in [2.05, 4.69) is 10.1 Å². The van der Waals surface area contributed by atoms with Crippen molar-refractivity contribution in [3.05, 3.63) is 63.7 Å². The molecule has 124 valence electrons. The van der Waals surface area contributed by atoms with Crippen molar-refractivity contribution in [1.82, 2.24) is 19.3 Å². The van der Waals surface area contributed by atoms with Gasteiger partial charge in [0.05, 0.1) is 16.9 Å². The fourth-order valence-corrected chi connectivity index (χ4v) is 2.66. The highest BCUT2D eigenvalue weighted by Gasteiger charge is 2.23. The Balaban J connectivity index is 2.47. The second-order valence-electron chi connectivity index (χ2n) is 4.86. The highest BCUT2D eigenvalue weighted by molar-refractivity contribution is 6.30. The lowest BCUT2D eigenvalue weighted by Gasteiger charge is -2.17. The molecule has 0 N–H and O–H groups in total. The molecule has 24 heavy (non-hydrogen) atoms. The van der Waals surface area contributed by atoms with Gasteiger partial charge in [0.15, 0.2) is 0 Å². The molecule has 0 saturated carbocycles. The SMILES string of the molecule is CCn1c(-c2c(F)cc(F)cc2F)c(-n2cncn2)cc(Cl)c1=O. The number of nitrogens with zero attached hydrogens (tertiary/aromatic N) is 4. The van der Waals surface area contributed by atoms with Gasteiger partial charge in [0.2, 0.25) is 0 Å². The molecule has 0 saturated heterocycles. The van der Waals surface area contributed by atoms with Crippen LogP contribution in [0.1, 0.15) is 6.92 Å². The lowest BCUT2D eigenvalue weighted by atomic mass is 10.1. The average Bonchev–Trinajstić information content (AvgIpc) is 3.04. The van der Waals surface area contributed by atoms with E-state index in [1.165, 1.54) is 23.4 Å². The zero-order valence-electron chi connectivity index (χ0n) is 12.3. The molecule has 0 fully saturated rings. The Morgan fingerprint density at radius 2 is 1.83 bits per heavy atom. The van der Waals surface area contributed by atoms with Gasteiger partial charge in [-0.3, -0.25) is 4.79 Å². The molecule has 9 heteroatoms. The second-order valence-corrected chi connectivity index (χ2v) is 5.27. The van der Waals surface area contributed by atoms with E-state index in [9.17, 15) is 18.0 Å². The van der Waals surface area contributed by atoms with Crippen LogP contribution in [0.3, 0.4) is 0 Å². The second kappa shape index (κ2) is 6.12. The van der Waals surface area contributed by atoms with Crippen molar-refractivity contribution in [2.75, 3.05) is 0 Å². The van der Waals surface area contributed by atoms with Crippen molar-refractivity contribution < 1.29 is 13.2 Å². The average molecular weight is 355 g/mol. The van der Waals surface area contributed by atoms with Crippen LogP contribution in [0.15, 0.2) is 35.6 Å². The first-order valence-corrected chi connectivity index (χ1v) is 7.25. The van der Waals surface area contributed by atoms with Crippen molar-refractivity contribution >= 4 is 11.6 Å². The summed E-state index contributed by atoms with van der Waals surface area (Å²) in [5, 5.41) is 3.76. The van der Waals surface area contributed by atoms with Gasteiger partial charge in [-0.2, -0.15) is 5.10 Å². The third-order valence-corrected chi connectivity index (χ3v) is 3.72. The molecule has 0 bridgehead atoms. The first-order chi connectivity index (χ1) is 11.4. The maximum atomic E-state index is 14.3. The van der Waals surface area contributed by atoms with Gasteiger partial charge in [0, 0.05) is 18.7 Å². The fraction of sp³-hybridized carbons (Fsp3) is 0.133. The summed E-state index contributed by atoms with van der Waals surface area (Å²) in [4.78, 5) is 16.0. The summed E-state index contributed by atoms with van der Waals surface area (Å²) in [6, 6.07) is 2.33. The van der Waals surface area contributed by atoms with Gasteiger partial charge in [0.1, 0.15) is 35.1 Å². The topological polar surface area (TPSA) is 52.7 Å². The van der Waals surface area contributed by atoms with Gasteiger partial charge in [-0.25, -0.2) is 22.8 Å². The van der Waals surface area contributed by atoms with E-state index in [1.54, 1.807) is 6.92 Å². The van der Waals surface area contributed by atoms with E-state index in [-0.39, 0.29) is 22.9 Å². The highest BCUT2D eigenvalue weighted by atomic mass is 35.5. The lowest BCUT2D eigenvalue weighted by Crippen LogP contribution is -2.24. The molecule has 0 aliphatic heterocycles. The molecule has 5 nitrogen and oxygen atoms in total. The van der Waals surface area contributed by atoms with E-state index in [0.717, 1.165) is 4.57 Å². The predicted octanol–water partition coefficient (Wildman–Crippen LogP) is 3.19. The molecule has 0 unspecified atom stereocenters. The summed E-state index contributed by atoms with van der Waals surface area (Å²) in [5.74, 6) is -3.34. The molecule has 1 aromatic carbocycles. The molecule has 0 radical (unpaired) electrons. The zero-order chi connectivity index (χ0) is 17.4. The van der Waals surface area contributed by atoms with Crippen LogP contribution in [-0.2, 0) is 6.54 Å². The molecule has 0 amide bonds. The minimum atomic E-state index is -1.14. The molecule has 0 aliphatic carbocycles. The minimum absolute atomic E-state index is 0.0900. The number of pyridine rings is 1. The molecule has 0 spiro atoms. The summed E-state index contributed by atoms with van der Waals surface area (Å²) in [7, 11) is 0. The van der Waals surface area contributed by atoms with Crippen LogP contribution in [-0.4, -0.2) is 19.3 Å². The highest BCUT2D eigenvalue weighted by Crippen LogP contribution is 2.32. The van der Waals surface area contributed by atoms with E-state index >= 15 is 0 Å². The number of rotatable bonds is 3. The largest absolute Gasteiger partial charge is 0.305 e. The third kappa shape index (κ3) is 2.58. The molecule has 2 heterocycles. The molecule has 2 aromatic heterocycles. The molecule has 3 aromatic rings. The first kappa shape index (κ1) is 16.3. The Labute approximate surface area is 138 Å². The molecular formula is C15H10ClF3N4O. The van der Waals surface area contributed by atoms with Gasteiger partial charge in [-0.05, 0) is 13.0 Å². The van der Waals surface area contributed by atoms with Crippen molar-refractivity contribution in [2.45, 2.75) is 13.5 Å². The van der Waals surface area contributed by atoms with Crippen LogP contribution >= 0.6 is 11.6 Å². The fourth-order valence-electron chi connectivity index (χ4n) is 2.46. The van der Waals surface area contributed by atoms with Gasteiger partial charge < -0.3 is 4.57 Å². The van der Waals surface area contributed by atoms with E-state index in [0.29, 0.717) is 12.1 Å². The van der Waals surface area contributed by atoms with E-state index < -0.39 is 28.6 Å². The van der Waals surface area contributed by atoms with Crippen molar-refractivity contribution in [2.24, 2.45) is 0 Å². The summed E-state index contributed by atoms with van der Waals surface area (Å²) in [6.07, 6.45) is 2.51. The third-order valence-electron chi connectivity index (χ3n) is 3.45. The quantitative estimate of drug-likeness (QED) is 0.726. The molecular weight excluding hydrogens is 345 g/mol. The monoisotopic (exact) mass is 354 g/mol. The molecule has 0 atom stereocenters. The summed E-state index contributed by atoms with van der Waals surface area (Å²) < 4.78 is 44.1. The maximum Gasteiger partial charge on any atom is 0.269 e. The normalized spacial score (nSPS) is 11.0. The zero-order valence-corrected chi connectivity index (χ0v) is 13.1. The summed E-state index contributed by atoms with van der Waals surface area (Å²) in [5.41, 5.74) is -1.13. The Morgan fingerprint density at radius 1 is 1.17 bits per heavy atom. The lowest BCUT2D eigenvalue weighted by molar-refractivity contribution is 0.544. The number of aromatic nitrogens is 4. The number of hydrogen-bond donors (Lipinski definition) is 0. The standard InChI is InChI=1S/C15H10ClF3N4O/c1-2-22-14(13-10(18)3-8(17)4-11(13)19)12(5-9(16)15(22)24)23-7-20-6-21-23/h3-7H,2H2,1H3. The number of hydrogen-bond acceptors (Lipinski definition) is 3. The van der Waals surface area contributed by atoms with Crippen molar-refractivity contribution in [1.29, 1.82) is 0 Å². The summed E-state index contributed by atoms with van der Waals surface area (Å²) >= 11 is 5.94. The van der Waals surface area contributed by atoms with Crippen molar-refractivity contribution in [3.63, 3.8) is 0 Å². The van der Waals surface area contributed by atoms with Crippen molar-refractivity contribution in [3.8, 4) is 16.9 Å². The predicted molar refractivity (Wildman–Crippen MR) is 81.6 cm³/mol. The van der Waals surface area contributed by atoms with Gasteiger partial charge >= 0.3 is 0 Å². The van der Waals surface area contributed by atoms with Gasteiger partial charge in [-0.15, -0.1) is 0 Å². The first-order valence-electron chi connectivity index (χ1n) is 6.87. The molecule has 0 aliphatic rings. The number of benzene rings is 1. The van der Waals surface area contributed by atoms with Gasteiger partial charge in [-0.1, -0.05) is 11.6 Å². The Kier molecular flexibility index (Phi) is 4.15.